The summed E-state index contributed by atoms with van der Waals surface area (Å²) < 4.78 is 0. The fraction of sp³-hybridized carbons (Fsp3) is 0.333. The number of rotatable bonds is 1. The largest absolute Gasteiger partial charge is 0.394 e. The Morgan fingerprint density at radius 1 is 1.29 bits per heavy atom. The molecule has 1 heterocycles. The molecular weight excluding hydrogens is 210 g/mol. The van der Waals surface area contributed by atoms with Crippen LogP contribution >= 0.6 is 0 Å². The predicted octanol–water partition coefficient (Wildman–Crippen LogP) is 2.25. The zero-order valence-electron chi connectivity index (χ0n) is 10.0. The molecule has 0 spiro atoms. The maximum absolute atomic E-state index is 9.36. The number of allylic oxidation sites excluding steroid dienone is 2. The summed E-state index contributed by atoms with van der Waals surface area (Å²) in [7, 11) is 0. The Labute approximate surface area is 102 Å². The quantitative estimate of drug-likeness (QED) is 0.771. The minimum atomic E-state index is 0.142. The minimum absolute atomic E-state index is 0.142. The predicted molar refractivity (Wildman–Crippen MR) is 69.4 cm³/mol. The van der Waals surface area contributed by atoms with E-state index in [0.717, 1.165) is 12.8 Å². The molecule has 1 aliphatic carbocycles. The van der Waals surface area contributed by atoms with Crippen LogP contribution in [0, 0.1) is 0 Å². The van der Waals surface area contributed by atoms with E-state index in [1.54, 1.807) is 0 Å². The fourth-order valence-corrected chi connectivity index (χ4v) is 2.79. The topological polar surface area (TPSA) is 32.3 Å². The van der Waals surface area contributed by atoms with Crippen molar-refractivity contribution in [1.82, 2.24) is 5.32 Å². The second kappa shape index (κ2) is 4.04. The zero-order chi connectivity index (χ0) is 11.8. The number of aliphatic hydroxyl groups is 1. The van der Waals surface area contributed by atoms with Crippen molar-refractivity contribution in [1.29, 1.82) is 0 Å². The summed E-state index contributed by atoms with van der Waals surface area (Å²) >= 11 is 0. The molecule has 0 amide bonds. The molecule has 88 valence electrons. The Hall–Kier alpha value is -1.54. The lowest BCUT2D eigenvalue weighted by atomic mass is 9.98. The molecule has 1 atom stereocenters. The Morgan fingerprint density at radius 2 is 2.12 bits per heavy atom. The summed E-state index contributed by atoms with van der Waals surface area (Å²) in [6.07, 6.45) is 4.00. The fourth-order valence-electron chi connectivity index (χ4n) is 2.79. The van der Waals surface area contributed by atoms with E-state index in [9.17, 15) is 5.11 Å². The highest BCUT2D eigenvalue weighted by Gasteiger charge is 2.25. The third-order valence-corrected chi connectivity index (χ3v) is 3.76. The summed E-state index contributed by atoms with van der Waals surface area (Å²) in [4.78, 5) is 0. The number of nitrogens with one attached hydrogen (secondary N) is 1. The third-order valence-electron chi connectivity index (χ3n) is 3.76. The van der Waals surface area contributed by atoms with Gasteiger partial charge in [0.25, 0.3) is 0 Å². The molecule has 1 aromatic rings. The number of aliphatic hydroxyl groups excluding tert-OH is 1. The Kier molecular flexibility index (Phi) is 2.52. The minimum Gasteiger partial charge on any atom is -0.394 e. The average Bonchev–Trinajstić information content (AvgIpc) is 2.65. The summed E-state index contributed by atoms with van der Waals surface area (Å²) in [6.45, 7) is 2.33. The van der Waals surface area contributed by atoms with E-state index in [1.165, 1.54) is 27.8 Å². The summed E-state index contributed by atoms with van der Waals surface area (Å²) in [5.74, 6) is 0. The lowest BCUT2D eigenvalue weighted by molar-refractivity contribution is 0.254. The number of benzene rings is 1. The molecule has 2 heteroatoms. The van der Waals surface area contributed by atoms with Crippen LogP contribution in [0.25, 0.3) is 5.57 Å². The van der Waals surface area contributed by atoms with Crippen molar-refractivity contribution in [3.63, 3.8) is 0 Å². The molecule has 0 saturated carbocycles. The van der Waals surface area contributed by atoms with E-state index in [4.69, 9.17) is 0 Å². The van der Waals surface area contributed by atoms with Crippen molar-refractivity contribution in [3.8, 4) is 0 Å². The highest BCUT2D eigenvalue weighted by atomic mass is 16.3. The number of hydrogen-bond acceptors (Lipinski definition) is 2. The maximum atomic E-state index is 9.36. The summed E-state index contributed by atoms with van der Waals surface area (Å²) in [5, 5.41) is 12.6. The normalized spacial score (nSPS) is 22.5. The van der Waals surface area contributed by atoms with Gasteiger partial charge < -0.3 is 10.4 Å². The Morgan fingerprint density at radius 3 is 2.94 bits per heavy atom. The molecule has 1 unspecified atom stereocenters. The second-order valence-corrected chi connectivity index (χ2v) is 4.87. The monoisotopic (exact) mass is 227 g/mol. The molecule has 17 heavy (non-hydrogen) atoms. The van der Waals surface area contributed by atoms with Gasteiger partial charge in [0.2, 0.25) is 0 Å². The standard InChI is InChI=1S/C15H17NO/c1-10-8-16-12(9-17)7-15-13-5-3-2-4-11(13)6-14(10)15/h2-5,8,12,16-17H,6-7,9H2,1H3. The summed E-state index contributed by atoms with van der Waals surface area (Å²) in [6, 6.07) is 8.75. The highest BCUT2D eigenvalue weighted by Crippen LogP contribution is 2.39. The first kappa shape index (κ1) is 10.6. The molecule has 0 fully saturated rings. The van der Waals surface area contributed by atoms with Gasteiger partial charge in [-0.1, -0.05) is 24.3 Å². The van der Waals surface area contributed by atoms with Crippen LogP contribution in [0.5, 0.6) is 0 Å². The van der Waals surface area contributed by atoms with Crippen LogP contribution in [0.4, 0.5) is 0 Å². The molecule has 2 N–H and O–H groups in total. The van der Waals surface area contributed by atoms with Crippen molar-refractivity contribution >= 4 is 5.57 Å². The Bertz CT molecular complexity index is 513. The third kappa shape index (κ3) is 1.69. The van der Waals surface area contributed by atoms with Crippen LogP contribution in [0.1, 0.15) is 24.5 Å². The van der Waals surface area contributed by atoms with Crippen LogP contribution in [0.15, 0.2) is 41.6 Å². The van der Waals surface area contributed by atoms with Crippen molar-refractivity contribution in [2.45, 2.75) is 25.8 Å². The second-order valence-electron chi connectivity index (χ2n) is 4.87. The number of fused-ring (bicyclic) bond motifs is 2. The van der Waals surface area contributed by atoms with Crippen LogP contribution in [0.2, 0.25) is 0 Å². The van der Waals surface area contributed by atoms with Crippen molar-refractivity contribution in [2.24, 2.45) is 0 Å². The van der Waals surface area contributed by atoms with Crippen LogP contribution in [-0.2, 0) is 6.42 Å². The summed E-state index contributed by atoms with van der Waals surface area (Å²) in [5.41, 5.74) is 6.95. The van der Waals surface area contributed by atoms with E-state index in [-0.39, 0.29) is 12.6 Å². The number of hydrogen-bond donors (Lipinski definition) is 2. The maximum Gasteiger partial charge on any atom is 0.0635 e. The smallest absolute Gasteiger partial charge is 0.0635 e. The Balaban J connectivity index is 2.07. The van der Waals surface area contributed by atoms with Gasteiger partial charge in [0, 0.05) is 0 Å². The van der Waals surface area contributed by atoms with Crippen LogP contribution < -0.4 is 5.32 Å². The molecule has 1 aliphatic heterocycles. The molecule has 0 bridgehead atoms. The van der Waals surface area contributed by atoms with Crippen molar-refractivity contribution in [3.05, 3.63) is 52.7 Å². The van der Waals surface area contributed by atoms with E-state index < -0.39 is 0 Å². The lowest BCUT2D eigenvalue weighted by Crippen LogP contribution is -2.27. The molecule has 0 aromatic heterocycles. The van der Waals surface area contributed by atoms with Crippen molar-refractivity contribution in [2.75, 3.05) is 6.61 Å². The molecule has 2 nitrogen and oxygen atoms in total. The first-order valence-corrected chi connectivity index (χ1v) is 6.14. The first-order chi connectivity index (χ1) is 8.29. The van der Waals surface area contributed by atoms with Crippen molar-refractivity contribution < 1.29 is 5.11 Å². The highest BCUT2D eigenvalue weighted by molar-refractivity contribution is 5.80. The molecule has 2 aliphatic rings. The van der Waals surface area contributed by atoms with Gasteiger partial charge in [-0.2, -0.15) is 0 Å². The molecule has 1 aromatic carbocycles. The zero-order valence-corrected chi connectivity index (χ0v) is 10.0. The average molecular weight is 227 g/mol. The van der Waals surface area contributed by atoms with Crippen LogP contribution in [-0.4, -0.2) is 17.8 Å². The molecular formula is C15H17NO. The van der Waals surface area contributed by atoms with Gasteiger partial charge in [0.1, 0.15) is 0 Å². The van der Waals surface area contributed by atoms with Crippen LogP contribution in [0.3, 0.4) is 0 Å². The van der Waals surface area contributed by atoms with Gasteiger partial charge in [0.05, 0.1) is 12.6 Å². The van der Waals surface area contributed by atoms with E-state index in [0.29, 0.717) is 0 Å². The molecule has 0 radical (unpaired) electrons. The van der Waals surface area contributed by atoms with Gasteiger partial charge in [0.15, 0.2) is 0 Å². The molecule has 3 rings (SSSR count). The van der Waals surface area contributed by atoms with E-state index in [1.807, 2.05) is 0 Å². The van der Waals surface area contributed by atoms with E-state index >= 15 is 0 Å². The SMILES string of the molecule is CC1=CNC(CO)CC2=C1Cc1ccccc12. The van der Waals surface area contributed by atoms with Gasteiger partial charge in [-0.05, 0) is 53.8 Å². The van der Waals surface area contributed by atoms with Gasteiger partial charge in [-0.15, -0.1) is 0 Å². The van der Waals surface area contributed by atoms with Gasteiger partial charge >= 0.3 is 0 Å². The lowest BCUT2D eigenvalue weighted by Gasteiger charge is -2.14. The molecule has 0 saturated heterocycles. The van der Waals surface area contributed by atoms with E-state index in [2.05, 4.69) is 42.7 Å². The van der Waals surface area contributed by atoms with Gasteiger partial charge in [-0.25, -0.2) is 0 Å². The first-order valence-electron chi connectivity index (χ1n) is 6.14. The van der Waals surface area contributed by atoms with Gasteiger partial charge in [-0.3, -0.25) is 0 Å².